The zero-order valence-electron chi connectivity index (χ0n) is 14.0. The van der Waals surface area contributed by atoms with Crippen molar-refractivity contribution in [2.75, 3.05) is 12.4 Å². The number of methoxy groups -OCH3 is 1. The number of anilines is 1. The molecule has 3 aromatic rings. The maximum absolute atomic E-state index is 12.6. The van der Waals surface area contributed by atoms with E-state index >= 15 is 0 Å². The maximum Gasteiger partial charge on any atom is 0.255 e. The number of hydrogen-bond donors (Lipinski definition) is 2. The van der Waals surface area contributed by atoms with Crippen LogP contribution < -0.4 is 10.1 Å². The number of hydrogen-bond acceptors (Lipinski definition) is 3. The van der Waals surface area contributed by atoms with Crippen molar-refractivity contribution in [2.45, 2.75) is 18.8 Å². The summed E-state index contributed by atoms with van der Waals surface area (Å²) in [5.41, 5.74) is 4.11. The molecular formula is C20H19N3O2. The number of aromatic nitrogens is 2. The number of carbonyl (C=O) groups excluding carboxylic acids is 1. The Bertz CT molecular complexity index is 881. The Hall–Kier alpha value is -3.08. The van der Waals surface area contributed by atoms with Crippen molar-refractivity contribution in [2.24, 2.45) is 0 Å². The van der Waals surface area contributed by atoms with E-state index in [4.69, 9.17) is 4.74 Å². The van der Waals surface area contributed by atoms with Gasteiger partial charge in [-0.3, -0.25) is 9.89 Å². The van der Waals surface area contributed by atoms with Crippen LogP contribution in [0.2, 0.25) is 0 Å². The number of ether oxygens (including phenoxy) is 1. The fraction of sp³-hybridized carbons (Fsp3) is 0.200. The van der Waals surface area contributed by atoms with Gasteiger partial charge in [0.15, 0.2) is 0 Å². The van der Waals surface area contributed by atoms with Gasteiger partial charge in [-0.15, -0.1) is 0 Å². The van der Waals surface area contributed by atoms with E-state index in [-0.39, 0.29) is 5.91 Å². The molecule has 0 unspecified atom stereocenters. The second-order valence-corrected chi connectivity index (χ2v) is 6.18. The third-order valence-electron chi connectivity index (χ3n) is 4.42. The number of H-pyrrole nitrogens is 1. The standard InChI is InChI=1S/C20H19N3O2/c1-25-16-11-9-14(10-12-16)18-19(17(22-23-18)13-7-8-13)21-20(24)15-5-3-2-4-6-15/h2-6,9-13H,7-8H2,1H3,(H,21,24)(H,22,23). The fourth-order valence-electron chi connectivity index (χ4n) is 2.88. The quantitative estimate of drug-likeness (QED) is 0.735. The average Bonchev–Trinajstić information content (AvgIpc) is 3.43. The molecule has 0 atom stereocenters. The van der Waals surface area contributed by atoms with Crippen LogP contribution in [0, 0.1) is 0 Å². The van der Waals surface area contributed by atoms with Crippen LogP contribution in [-0.4, -0.2) is 23.2 Å². The number of benzene rings is 2. The van der Waals surface area contributed by atoms with E-state index in [1.54, 1.807) is 19.2 Å². The molecule has 0 spiro atoms. The van der Waals surface area contributed by atoms with E-state index in [0.29, 0.717) is 11.5 Å². The minimum Gasteiger partial charge on any atom is -0.497 e. The molecule has 0 bridgehead atoms. The number of nitrogens with zero attached hydrogens (tertiary/aromatic N) is 1. The van der Waals surface area contributed by atoms with E-state index in [1.165, 1.54) is 0 Å². The SMILES string of the molecule is COc1ccc(-c2n[nH]c(C3CC3)c2NC(=O)c2ccccc2)cc1. The van der Waals surface area contributed by atoms with Gasteiger partial charge in [-0.2, -0.15) is 5.10 Å². The predicted octanol–water partition coefficient (Wildman–Crippen LogP) is 4.22. The highest BCUT2D eigenvalue weighted by Gasteiger charge is 2.31. The highest BCUT2D eigenvalue weighted by molar-refractivity contribution is 6.06. The molecule has 1 fully saturated rings. The minimum absolute atomic E-state index is 0.126. The summed E-state index contributed by atoms with van der Waals surface area (Å²) < 4.78 is 5.21. The molecule has 1 heterocycles. The molecule has 4 rings (SSSR count). The van der Waals surface area contributed by atoms with Gasteiger partial charge in [-0.05, 0) is 49.2 Å². The number of rotatable bonds is 5. The smallest absolute Gasteiger partial charge is 0.255 e. The Morgan fingerprint density at radius 1 is 1.12 bits per heavy atom. The van der Waals surface area contributed by atoms with Gasteiger partial charge in [0.1, 0.15) is 11.4 Å². The van der Waals surface area contributed by atoms with Crippen molar-refractivity contribution in [1.82, 2.24) is 10.2 Å². The molecule has 25 heavy (non-hydrogen) atoms. The van der Waals surface area contributed by atoms with E-state index in [9.17, 15) is 4.79 Å². The molecule has 5 heteroatoms. The maximum atomic E-state index is 12.6. The lowest BCUT2D eigenvalue weighted by Gasteiger charge is -2.09. The van der Waals surface area contributed by atoms with Crippen molar-refractivity contribution in [3.63, 3.8) is 0 Å². The van der Waals surface area contributed by atoms with Gasteiger partial charge in [0.05, 0.1) is 18.5 Å². The Labute approximate surface area is 146 Å². The van der Waals surface area contributed by atoms with Gasteiger partial charge in [0.25, 0.3) is 5.91 Å². The first kappa shape index (κ1) is 15.4. The largest absolute Gasteiger partial charge is 0.497 e. The molecule has 1 aromatic heterocycles. The second-order valence-electron chi connectivity index (χ2n) is 6.18. The van der Waals surface area contributed by atoms with Crippen LogP contribution >= 0.6 is 0 Å². The topological polar surface area (TPSA) is 67.0 Å². The first-order valence-corrected chi connectivity index (χ1v) is 8.35. The van der Waals surface area contributed by atoms with E-state index in [2.05, 4.69) is 15.5 Å². The van der Waals surface area contributed by atoms with E-state index in [1.807, 2.05) is 42.5 Å². The molecule has 5 nitrogen and oxygen atoms in total. The molecule has 126 valence electrons. The first-order chi connectivity index (χ1) is 12.3. The molecular weight excluding hydrogens is 314 g/mol. The van der Waals surface area contributed by atoms with Crippen LogP contribution in [-0.2, 0) is 0 Å². The molecule has 0 aliphatic heterocycles. The third-order valence-corrected chi connectivity index (χ3v) is 4.42. The summed E-state index contributed by atoms with van der Waals surface area (Å²) in [5.74, 6) is 1.11. The summed E-state index contributed by atoms with van der Waals surface area (Å²) in [6, 6.07) is 16.9. The Kier molecular flexibility index (Phi) is 3.98. The second kappa shape index (κ2) is 6.43. The highest BCUT2D eigenvalue weighted by atomic mass is 16.5. The zero-order chi connectivity index (χ0) is 17.2. The lowest BCUT2D eigenvalue weighted by Crippen LogP contribution is -2.13. The molecule has 2 N–H and O–H groups in total. The van der Waals surface area contributed by atoms with Crippen molar-refractivity contribution in [3.05, 3.63) is 65.9 Å². The number of amides is 1. The van der Waals surface area contributed by atoms with Gasteiger partial charge in [0, 0.05) is 17.0 Å². The summed E-state index contributed by atoms with van der Waals surface area (Å²) in [5, 5.41) is 10.7. The summed E-state index contributed by atoms with van der Waals surface area (Å²) in [6.07, 6.45) is 2.25. The molecule has 0 radical (unpaired) electrons. The zero-order valence-corrected chi connectivity index (χ0v) is 14.0. The van der Waals surface area contributed by atoms with Crippen molar-refractivity contribution < 1.29 is 9.53 Å². The Balaban J connectivity index is 1.69. The number of aromatic amines is 1. The summed E-state index contributed by atoms with van der Waals surface area (Å²) >= 11 is 0. The monoisotopic (exact) mass is 333 g/mol. The van der Waals surface area contributed by atoms with Crippen LogP contribution in [0.5, 0.6) is 5.75 Å². The van der Waals surface area contributed by atoms with Gasteiger partial charge in [-0.1, -0.05) is 18.2 Å². The van der Waals surface area contributed by atoms with Gasteiger partial charge < -0.3 is 10.1 Å². The molecule has 1 aliphatic carbocycles. The van der Waals surface area contributed by atoms with E-state index in [0.717, 1.165) is 41.2 Å². The average molecular weight is 333 g/mol. The van der Waals surface area contributed by atoms with Crippen molar-refractivity contribution >= 4 is 11.6 Å². The fourth-order valence-corrected chi connectivity index (χ4v) is 2.88. The minimum atomic E-state index is -0.126. The lowest BCUT2D eigenvalue weighted by atomic mass is 10.1. The van der Waals surface area contributed by atoms with Crippen LogP contribution in [0.1, 0.15) is 34.8 Å². The van der Waals surface area contributed by atoms with Gasteiger partial charge in [0.2, 0.25) is 0 Å². The predicted molar refractivity (Wildman–Crippen MR) is 96.9 cm³/mol. The first-order valence-electron chi connectivity index (χ1n) is 8.35. The Morgan fingerprint density at radius 2 is 1.84 bits per heavy atom. The molecule has 1 aliphatic rings. The molecule has 2 aromatic carbocycles. The molecule has 1 saturated carbocycles. The summed E-state index contributed by atoms with van der Waals surface area (Å²) in [6.45, 7) is 0. The van der Waals surface area contributed by atoms with Crippen LogP contribution in [0.3, 0.4) is 0 Å². The van der Waals surface area contributed by atoms with Gasteiger partial charge >= 0.3 is 0 Å². The van der Waals surface area contributed by atoms with E-state index < -0.39 is 0 Å². The number of carbonyl (C=O) groups is 1. The Morgan fingerprint density at radius 3 is 2.48 bits per heavy atom. The lowest BCUT2D eigenvalue weighted by molar-refractivity contribution is 0.102. The highest BCUT2D eigenvalue weighted by Crippen LogP contribution is 2.45. The van der Waals surface area contributed by atoms with Gasteiger partial charge in [-0.25, -0.2) is 0 Å². The summed E-state index contributed by atoms with van der Waals surface area (Å²) in [4.78, 5) is 12.6. The molecule has 0 saturated heterocycles. The van der Waals surface area contributed by atoms with Crippen molar-refractivity contribution in [3.8, 4) is 17.0 Å². The van der Waals surface area contributed by atoms with Crippen LogP contribution in [0.15, 0.2) is 54.6 Å². The third kappa shape index (κ3) is 3.13. The molecule has 1 amide bonds. The van der Waals surface area contributed by atoms with Crippen molar-refractivity contribution in [1.29, 1.82) is 0 Å². The van der Waals surface area contributed by atoms with Crippen LogP contribution in [0.4, 0.5) is 5.69 Å². The normalized spacial score (nSPS) is 13.5. The summed E-state index contributed by atoms with van der Waals surface area (Å²) in [7, 11) is 1.64. The number of nitrogens with one attached hydrogen (secondary N) is 2. The van der Waals surface area contributed by atoms with Crippen LogP contribution in [0.25, 0.3) is 11.3 Å².